The molecular formula is C27H33P. The summed E-state index contributed by atoms with van der Waals surface area (Å²) in [6.45, 7) is 14.3. The van der Waals surface area contributed by atoms with Gasteiger partial charge in [0.25, 0.3) is 0 Å². The topological polar surface area (TPSA) is 0 Å². The summed E-state index contributed by atoms with van der Waals surface area (Å²) in [4.78, 5) is 0. The lowest BCUT2D eigenvalue weighted by Crippen LogP contribution is -2.31. The normalized spacial score (nSPS) is 12.6. The molecule has 0 aliphatic heterocycles. The number of rotatable bonds is 4. The quantitative estimate of drug-likeness (QED) is 0.319. The van der Waals surface area contributed by atoms with Crippen molar-refractivity contribution in [2.45, 2.75) is 57.8 Å². The third-order valence-corrected chi connectivity index (χ3v) is 8.59. The van der Waals surface area contributed by atoms with Crippen LogP contribution in [-0.2, 0) is 0 Å². The van der Waals surface area contributed by atoms with E-state index in [0.717, 1.165) is 0 Å². The highest BCUT2D eigenvalue weighted by molar-refractivity contribution is 7.68. The van der Waals surface area contributed by atoms with Crippen molar-refractivity contribution in [3.05, 3.63) is 102 Å². The minimum Gasteiger partial charge on any atom is -0.0643 e. The Morgan fingerprint density at radius 2 is 0.857 bits per heavy atom. The Balaban J connectivity index is 2.04. The fourth-order valence-corrected chi connectivity index (χ4v) is 8.47. The summed E-state index contributed by atoms with van der Waals surface area (Å²) in [6, 6.07) is 31.2. The molecule has 1 heteroatoms. The van der Waals surface area contributed by atoms with Crippen molar-refractivity contribution in [3.8, 4) is 0 Å². The number of hydrogen-bond donors (Lipinski definition) is 0. The minimum absolute atomic E-state index is 0.270. The summed E-state index contributed by atoms with van der Waals surface area (Å²) in [7, 11) is -0.278. The van der Waals surface area contributed by atoms with E-state index in [2.05, 4.69) is 126 Å². The van der Waals surface area contributed by atoms with Crippen molar-refractivity contribution >= 4 is 13.2 Å². The van der Waals surface area contributed by atoms with E-state index in [0.29, 0.717) is 0 Å². The number of benzene rings is 3. The van der Waals surface area contributed by atoms with Crippen molar-refractivity contribution in [2.75, 3.05) is 0 Å². The Hall–Kier alpha value is -1.91. The molecule has 3 rings (SSSR count). The molecule has 0 fully saturated rings. The van der Waals surface area contributed by atoms with Gasteiger partial charge in [0.1, 0.15) is 0 Å². The molecule has 146 valence electrons. The molecule has 0 saturated heterocycles. The smallest absolute Gasteiger partial charge is 0.0339 e. The molecule has 0 bridgehead atoms. The Labute approximate surface area is 172 Å². The minimum atomic E-state index is -0.278. The van der Waals surface area contributed by atoms with Crippen LogP contribution in [0, 0.1) is 0 Å². The summed E-state index contributed by atoms with van der Waals surface area (Å²) in [6.07, 6.45) is 0. The summed E-state index contributed by atoms with van der Waals surface area (Å²) in [5.74, 6) is 0.270. The zero-order chi connectivity index (χ0) is 20.4. The Bertz CT molecular complexity index is 812. The van der Waals surface area contributed by atoms with Gasteiger partial charge in [-0.05, 0) is 32.3 Å². The first-order valence-corrected chi connectivity index (χ1v) is 11.5. The molecule has 0 nitrogen and oxygen atoms in total. The van der Waals surface area contributed by atoms with Gasteiger partial charge in [-0.1, -0.05) is 134 Å². The van der Waals surface area contributed by atoms with Crippen LogP contribution in [0.25, 0.3) is 0 Å². The molecule has 0 unspecified atom stereocenters. The van der Waals surface area contributed by atoms with E-state index in [-0.39, 0.29) is 24.2 Å². The van der Waals surface area contributed by atoms with E-state index >= 15 is 0 Å². The molecule has 28 heavy (non-hydrogen) atoms. The molecule has 0 radical (unpaired) electrons. The zero-order valence-corrected chi connectivity index (χ0v) is 19.0. The van der Waals surface area contributed by atoms with E-state index in [1.165, 1.54) is 22.0 Å². The Morgan fingerprint density at radius 1 is 0.500 bits per heavy atom. The molecule has 0 aromatic heterocycles. The van der Waals surface area contributed by atoms with Crippen LogP contribution in [0.15, 0.2) is 84.9 Å². The van der Waals surface area contributed by atoms with E-state index in [1.54, 1.807) is 0 Å². The standard InChI is InChI=1S/C27H33P/c1-26(2,3)28(27(4,5)6)24-19-17-23(18-20-24)25(21-13-9-7-10-14-21)22-15-11-8-12-16-22/h7-20,25H,1-6H3. The van der Waals surface area contributed by atoms with Crippen LogP contribution in [-0.4, -0.2) is 10.3 Å². The maximum absolute atomic E-state index is 2.39. The molecule has 3 aromatic carbocycles. The van der Waals surface area contributed by atoms with Gasteiger partial charge in [-0.15, -0.1) is 0 Å². The van der Waals surface area contributed by atoms with Crippen LogP contribution in [0.4, 0.5) is 0 Å². The first kappa shape index (κ1) is 20.8. The average molecular weight is 389 g/mol. The third-order valence-electron chi connectivity index (χ3n) is 5.09. The largest absolute Gasteiger partial charge is 0.0643 e. The van der Waals surface area contributed by atoms with E-state index in [4.69, 9.17) is 0 Å². The Kier molecular flexibility index (Phi) is 6.11. The monoisotopic (exact) mass is 388 g/mol. The number of hydrogen-bond acceptors (Lipinski definition) is 0. The fraction of sp³-hybridized carbons (Fsp3) is 0.333. The van der Waals surface area contributed by atoms with Gasteiger partial charge < -0.3 is 0 Å². The maximum atomic E-state index is 2.39. The van der Waals surface area contributed by atoms with Crippen LogP contribution in [0.1, 0.15) is 64.2 Å². The van der Waals surface area contributed by atoms with Crippen LogP contribution in [0.5, 0.6) is 0 Å². The van der Waals surface area contributed by atoms with Crippen molar-refractivity contribution in [1.82, 2.24) is 0 Å². The SMILES string of the molecule is CC(C)(C)P(c1ccc(C(c2ccccc2)c2ccccc2)cc1)C(C)(C)C. The van der Waals surface area contributed by atoms with Gasteiger partial charge in [0.2, 0.25) is 0 Å². The van der Waals surface area contributed by atoms with Gasteiger partial charge in [0.15, 0.2) is 0 Å². The van der Waals surface area contributed by atoms with Gasteiger partial charge in [-0.2, -0.15) is 0 Å². The van der Waals surface area contributed by atoms with Crippen LogP contribution < -0.4 is 5.30 Å². The Morgan fingerprint density at radius 3 is 1.21 bits per heavy atom. The molecule has 0 N–H and O–H groups in total. The summed E-state index contributed by atoms with van der Waals surface area (Å²) < 4.78 is 0. The molecule has 0 aliphatic rings. The summed E-state index contributed by atoms with van der Waals surface area (Å²) in [5, 5.41) is 2.07. The average Bonchev–Trinajstić information content (AvgIpc) is 2.63. The van der Waals surface area contributed by atoms with Gasteiger partial charge in [0, 0.05) is 5.92 Å². The van der Waals surface area contributed by atoms with Crippen molar-refractivity contribution < 1.29 is 0 Å². The highest BCUT2D eigenvalue weighted by atomic mass is 31.1. The molecule has 3 aromatic rings. The van der Waals surface area contributed by atoms with Crippen molar-refractivity contribution in [3.63, 3.8) is 0 Å². The van der Waals surface area contributed by atoms with Crippen LogP contribution in [0.3, 0.4) is 0 Å². The maximum Gasteiger partial charge on any atom is 0.0339 e. The van der Waals surface area contributed by atoms with Gasteiger partial charge in [-0.3, -0.25) is 0 Å². The van der Waals surface area contributed by atoms with E-state index in [9.17, 15) is 0 Å². The summed E-state index contributed by atoms with van der Waals surface area (Å²) >= 11 is 0. The molecule has 0 spiro atoms. The highest BCUT2D eigenvalue weighted by Gasteiger charge is 2.35. The second kappa shape index (κ2) is 8.22. The molecule has 0 aliphatic carbocycles. The first-order valence-electron chi connectivity index (χ1n) is 10.2. The highest BCUT2D eigenvalue weighted by Crippen LogP contribution is 2.58. The van der Waals surface area contributed by atoms with E-state index < -0.39 is 0 Å². The van der Waals surface area contributed by atoms with Gasteiger partial charge in [0.05, 0.1) is 0 Å². The lowest BCUT2D eigenvalue weighted by atomic mass is 9.85. The fourth-order valence-electron chi connectivity index (χ4n) is 4.46. The third kappa shape index (κ3) is 4.73. The predicted octanol–water partition coefficient (Wildman–Crippen LogP) is 7.57. The second-order valence-corrected chi connectivity index (χ2v) is 13.4. The van der Waals surface area contributed by atoms with Crippen molar-refractivity contribution in [1.29, 1.82) is 0 Å². The van der Waals surface area contributed by atoms with E-state index in [1.807, 2.05) is 0 Å². The molecule has 0 atom stereocenters. The second-order valence-electron chi connectivity index (χ2n) is 9.52. The zero-order valence-electron chi connectivity index (χ0n) is 18.1. The molecule has 0 saturated carbocycles. The lowest BCUT2D eigenvalue weighted by Gasteiger charge is -2.42. The molecule has 0 amide bonds. The summed E-state index contributed by atoms with van der Waals surface area (Å²) in [5.41, 5.74) is 4.05. The first-order chi connectivity index (χ1) is 13.2. The molecule has 0 heterocycles. The van der Waals surface area contributed by atoms with Gasteiger partial charge in [-0.25, -0.2) is 0 Å². The van der Waals surface area contributed by atoms with Crippen molar-refractivity contribution in [2.24, 2.45) is 0 Å². The van der Waals surface area contributed by atoms with Crippen LogP contribution >= 0.6 is 7.92 Å². The molecular weight excluding hydrogens is 355 g/mol. The van der Waals surface area contributed by atoms with Gasteiger partial charge >= 0.3 is 0 Å². The predicted molar refractivity (Wildman–Crippen MR) is 126 cm³/mol. The lowest BCUT2D eigenvalue weighted by molar-refractivity contribution is 0.715. The van der Waals surface area contributed by atoms with Crippen LogP contribution in [0.2, 0.25) is 0 Å².